The lowest BCUT2D eigenvalue weighted by molar-refractivity contribution is 0.250. The zero-order valence-electron chi connectivity index (χ0n) is 10.7. The van der Waals surface area contributed by atoms with Gasteiger partial charge in [0.05, 0.1) is 0 Å². The van der Waals surface area contributed by atoms with Crippen LogP contribution in [0.5, 0.6) is 0 Å². The number of benzene rings is 1. The van der Waals surface area contributed by atoms with Crippen molar-refractivity contribution in [3.8, 4) is 0 Å². The maximum absolute atomic E-state index is 9.07. The maximum Gasteiger partial charge on any atom is 0.0464 e. The van der Waals surface area contributed by atoms with Gasteiger partial charge in [0, 0.05) is 34.9 Å². The summed E-state index contributed by atoms with van der Waals surface area (Å²) in [5.74, 6) is 1.24. The first-order chi connectivity index (χ1) is 8.70. The Morgan fingerprint density at radius 3 is 2.94 bits per heavy atom. The molecule has 0 bridgehead atoms. The standard InChI is InChI=1S/C14H20ClNOS/c1-10(8-17)9-18-14-4-2-3-13(15)12(14)7-16-11-5-6-11/h2-4,10-11,16-17H,5-9H2,1H3. The van der Waals surface area contributed by atoms with Crippen LogP contribution in [0.4, 0.5) is 0 Å². The molecule has 0 aromatic heterocycles. The van der Waals surface area contributed by atoms with E-state index < -0.39 is 0 Å². The zero-order valence-corrected chi connectivity index (χ0v) is 12.2. The van der Waals surface area contributed by atoms with E-state index in [0.717, 1.165) is 17.3 Å². The van der Waals surface area contributed by atoms with Crippen molar-refractivity contribution in [1.29, 1.82) is 0 Å². The Kier molecular flexibility index (Phi) is 5.37. The molecule has 1 atom stereocenters. The Balaban J connectivity index is 1.99. The highest BCUT2D eigenvalue weighted by Crippen LogP contribution is 2.30. The normalized spacial score (nSPS) is 16.8. The van der Waals surface area contributed by atoms with E-state index in [2.05, 4.69) is 18.3 Å². The summed E-state index contributed by atoms with van der Waals surface area (Å²) >= 11 is 8.06. The number of aliphatic hydroxyl groups is 1. The lowest BCUT2D eigenvalue weighted by atomic mass is 10.2. The van der Waals surface area contributed by atoms with Crippen molar-refractivity contribution in [1.82, 2.24) is 5.32 Å². The summed E-state index contributed by atoms with van der Waals surface area (Å²) in [6, 6.07) is 6.75. The van der Waals surface area contributed by atoms with E-state index in [1.165, 1.54) is 23.3 Å². The van der Waals surface area contributed by atoms with Gasteiger partial charge in [-0.3, -0.25) is 0 Å². The summed E-state index contributed by atoms with van der Waals surface area (Å²) in [5, 5.41) is 13.4. The van der Waals surface area contributed by atoms with Crippen molar-refractivity contribution in [3.63, 3.8) is 0 Å². The van der Waals surface area contributed by atoms with Crippen LogP contribution in [0.2, 0.25) is 5.02 Å². The number of hydrogen-bond acceptors (Lipinski definition) is 3. The van der Waals surface area contributed by atoms with Gasteiger partial charge in [0.25, 0.3) is 0 Å². The van der Waals surface area contributed by atoms with Crippen molar-refractivity contribution in [2.24, 2.45) is 5.92 Å². The first kappa shape index (κ1) is 14.2. The topological polar surface area (TPSA) is 32.3 Å². The molecule has 100 valence electrons. The minimum atomic E-state index is 0.239. The SMILES string of the molecule is CC(CO)CSc1cccc(Cl)c1CNC1CC1. The van der Waals surface area contributed by atoms with Crippen LogP contribution in [-0.4, -0.2) is 23.5 Å². The van der Waals surface area contributed by atoms with E-state index in [0.29, 0.717) is 12.0 Å². The van der Waals surface area contributed by atoms with Crippen molar-refractivity contribution in [2.45, 2.75) is 37.2 Å². The Morgan fingerprint density at radius 1 is 1.50 bits per heavy atom. The summed E-state index contributed by atoms with van der Waals surface area (Å²) in [6.07, 6.45) is 2.57. The van der Waals surface area contributed by atoms with Crippen LogP contribution in [0.15, 0.2) is 23.1 Å². The second-order valence-corrected chi connectivity index (χ2v) is 6.44. The van der Waals surface area contributed by atoms with Gasteiger partial charge < -0.3 is 10.4 Å². The van der Waals surface area contributed by atoms with E-state index in [9.17, 15) is 0 Å². The van der Waals surface area contributed by atoms with Gasteiger partial charge in [-0.1, -0.05) is 24.6 Å². The van der Waals surface area contributed by atoms with Gasteiger partial charge in [0.1, 0.15) is 0 Å². The molecule has 1 aliphatic carbocycles. The molecule has 0 amide bonds. The molecule has 1 saturated carbocycles. The number of halogens is 1. The molecule has 0 saturated heterocycles. The van der Waals surface area contributed by atoms with E-state index in [-0.39, 0.29) is 6.61 Å². The van der Waals surface area contributed by atoms with Crippen molar-refractivity contribution < 1.29 is 5.11 Å². The van der Waals surface area contributed by atoms with Crippen LogP contribution in [-0.2, 0) is 6.54 Å². The van der Waals surface area contributed by atoms with Gasteiger partial charge in [-0.2, -0.15) is 0 Å². The molecule has 1 unspecified atom stereocenters. The third-order valence-corrected chi connectivity index (χ3v) is 4.84. The highest BCUT2D eigenvalue weighted by Gasteiger charge is 2.21. The molecule has 1 aliphatic rings. The van der Waals surface area contributed by atoms with Crippen LogP contribution >= 0.6 is 23.4 Å². The van der Waals surface area contributed by atoms with Gasteiger partial charge in [-0.25, -0.2) is 0 Å². The largest absolute Gasteiger partial charge is 0.396 e. The quantitative estimate of drug-likeness (QED) is 0.754. The van der Waals surface area contributed by atoms with Crippen LogP contribution in [0.25, 0.3) is 0 Å². The number of hydrogen-bond donors (Lipinski definition) is 2. The van der Waals surface area contributed by atoms with Crippen molar-refractivity contribution >= 4 is 23.4 Å². The second kappa shape index (κ2) is 6.80. The molecule has 0 aliphatic heterocycles. The van der Waals surface area contributed by atoms with Crippen LogP contribution < -0.4 is 5.32 Å². The van der Waals surface area contributed by atoms with Crippen LogP contribution in [0, 0.1) is 5.92 Å². The van der Waals surface area contributed by atoms with E-state index in [1.807, 2.05) is 12.1 Å². The van der Waals surface area contributed by atoms with Crippen LogP contribution in [0.1, 0.15) is 25.3 Å². The molecule has 1 aromatic carbocycles. The zero-order chi connectivity index (χ0) is 13.0. The number of thioether (sulfide) groups is 1. The van der Waals surface area contributed by atoms with Crippen molar-refractivity contribution in [2.75, 3.05) is 12.4 Å². The molecule has 0 heterocycles. The maximum atomic E-state index is 9.07. The minimum Gasteiger partial charge on any atom is -0.396 e. The van der Waals surface area contributed by atoms with E-state index in [4.69, 9.17) is 16.7 Å². The summed E-state index contributed by atoms with van der Waals surface area (Å²) in [6.45, 7) is 3.14. The number of rotatable bonds is 7. The first-order valence-electron chi connectivity index (χ1n) is 6.45. The van der Waals surface area contributed by atoms with Gasteiger partial charge in [-0.15, -0.1) is 11.8 Å². The van der Waals surface area contributed by atoms with Gasteiger partial charge >= 0.3 is 0 Å². The number of aliphatic hydroxyl groups excluding tert-OH is 1. The molecule has 0 spiro atoms. The average molecular weight is 286 g/mol. The monoisotopic (exact) mass is 285 g/mol. The van der Waals surface area contributed by atoms with Gasteiger partial charge in [0.15, 0.2) is 0 Å². The lowest BCUT2D eigenvalue weighted by Gasteiger charge is -2.13. The van der Waals surface area contributed by atoms with E-state index in [1.54, 1.807) is 11.8 Å². The Hall–Kier alpha value is -0.220. The molecule has 1 fully saturated rings. The van der Waals surface area contributed by atoms with Gasteiger partial charge in [0.2, 0.25) is 0 Å². The molecule has 2 rings (SSSR count). The minimum absolute atomic E-state index is 0.239. The third kappa shape index (κ3) is 4.16. The fraction of sp³-hybridized carbons (Fsp3) is 0.571. The van der Waals surface area contributed by atoms with E-state index >= 15 is 0 Å². The summed E-state index contributed by atoms with van der Waals surface area (Å²) < 4.78 is 0. The van der Waals surface area contributed by atoms with Crippen molar-refractivity contribution in [3.05, 3.63) is 28.8 Å². The molecule has 4 heteroatoms. The molecule has 2 N–H and O–H groups in total. The predicted molar refractivity (Wildman–Crippen MR) is 78.3 cm³/mol. The third-order valence-electron chi connectivity index (χ3n) is 3.06. The fourth-order valence-corrected chi connectivity index (χ4v) is 3.06. The lowest BCUT2D eigenvalue weighted by Crippen LogP contribution is -2.16. The Morgan fingerprint density at radius 2 is 2.28 bits per heavy atom. The highest BCUT2D eigenvalue weighted by molar-refractivity contribution is 7.99. The molecule has 0 radical (unpaired) electrons. The summed E-state index contributed by atoms with van der Waals surface area (Å²) in [4.78, 5) is 1.23. The Labute approximate surface area is 118 Å². The molecule has 18 heavy (non-hydrogen) atoms. The first-order valence-corrected chi connectivity index (χ1v) is 7.81. The summed E-state index contributed by atoms with van der Waals surface area (Å²) in [7, 11) is 0. The smallest absolute Gasteiger partial charge is 0.0464 e. The molecular weight excluding hydrogens is 266 g/mol. The Bertz CT molecular complexity index is 395. The highest BCUT2D eigenvalue weighted by atomic mass is 35.5. The fourth-order valence-electron chi connectivity index (χ4n) is 1.66. The number of nitrogens with one attached hydrogen (secondary N) is 1. The second-order valence-electron chi connectivity index (χ2n) is 4.97. The van der Waals surface area contributed by atoms with Gasteiger partial charge in [-0.05, 0) is 36.5 Å². The average Bonchev–Trinajstić information content (AvgIpc) is 3.18. The molecule has 2 nitrogen and oxygen atoms in total. The van der Waals surface area contributed by atoms with Crippen LogP contribution in [0.3, 0.4) is 0 Å². The molecule has 1 aromatic rings. The molecular formula is C14H20ClNOS. The summed E-state index contributed by atoms with van der Waals surface area (Å²) in [5.41, 5.74) is 1.20. The predicted octanol–water partition coefficient (Wildman–Crippen LogP) is 3.31.